The van der Waals surface area contributed by atoms with Crippen LogP contribution in [0.1, 0.15) is 58.9 Å². The zero-order valence-electron chi connectivity index (χ0n) is 14.5. The molecule has 0 aliphatic heterocycles. The van der Waals surface area contributed by atoms with E-state index < -0.39 is 0 Å². The van der Waals surface area contributed by atoms with Crippen molar-refractivity contribution in [2.24, 2.45) is 11.8 Å². The van der Waals surface area contributed by atoms with Gasteiger partial charge in [-0.15, -0.1) is 0 Å². The Kier molecular flexibility index (Phi) is 8.44. The zero-order chi connectivity index (χ0) is 15.7. The van der Waals surface area contributed by atoms with E-state index in [2.05, 4.69) is 64.2 Å². The van der Waals surface area contributed by atoms with Crippen LogP contribution in [0.3, 0.4) is 0 Å². The molecule has 2 heteroatoms. The Morgan fingerprint density at radius 3 is 2.10 bits per heavy atom. The topological polar surface area (TPSA) is 21.3 Å². The van der Waals surface area contributed by atoms with Gasteiger partial charge in [-0.25, -0.2) is 0 Å². The maximum absolute atomic E-state index is 5.78. The number of nitrogens with one attached hydrogen (secondary N) is 1. The normalized spacial score (nSPS) is 12.9. The molecule has 1 aromatic carbocycles. The molecule has 120 valence electrons. The largest absolute Gasteiger partial charge is 0.493 e. The molecular weight excluding hydrogens is 258 g/mol. The van der Waals surface area contributed by atoms with E-state index >= 15 is 0 Å². The third-order valence-corrected chi connectivity index (χ3v) is 4.12. The summed E-state index contributed by atoms with van der Waals surface area (Å²) >= 11 is 0. The summed E-state index contributed by atoms with van der Waals surface area (Å²) in [5, 5.41) is 3.52. The second-order valence-corrected chi connectivity index (χ2v) is 6.26. The quantitative estimate of drug-likeness (QED) is 0.665. The Morgan fingerprint density at radius 2 is 1.62 bits per heavy atom. The first kappa shape index (κ1) is 18.0. The first-order valence-electron chi connectivity index (χ1n) is 8.55. The lowest BCUT2D eigenvalue weighted by Crippen LogP contribution is -2.26. The van der Waals surface area contributed by atoms with Gasteiger partial charge in [-0.05, 0) is 42.0 Å². The first-order chi connectivity index (χ1) is 10.1. The molecule has 0 aromatic heterocycles. The van der Waals surface area contributed by atoms with Crippen LogP contribution in [0.15, 0.2) is 24.3 Å². The van der Waals surface area contributed by atoms with Gasteiger partial charge in [0.25, 0.3) is 0 Å². The fraction of sp³-hybridized carbons (Fsp3) is 0.684. The molecule has 1 aromatic rings. The van der Waals surface area contributed by atoms with Gasteiger partial charge in [0.15, 0.2) is 0 Å². The molecule has 0 aliphatic carbocycles. The van der Waals surface area contributed by atoms with Crippen molar-refractivity contribution < 1.29 is 4.74 Å². The van der Waals surface area contributed by atoms with Crippen molar-refractivity contribution in [2.75, 3.05) is 19.7 Å². The highest BCUT2D eigenvalue weighted by Crippen LogP contribution is 2.30. The lowest BCUT2D eigenvalue weighted by atomic mass is 9.82. The highest BCUT2D eigenvalue weighted by molar-refractivity contribution is 5.30. The van der Waals surface area contributed by atoms with E-state index in [9.17, 15) is 0 Å². The smallest absolute Gasteiger partial charge is 0.119 e. The van der Waals surface area contributed by atoms with E-state index in [0.717, 1.165) is 31.4 Å². The molecule has 1 rings (SSSR count). The average molecular weight is 291 g/mol. The lowest BCUT2D eigenvalue weighted by molar-refractivity contribution is 0.271. The summed E-state index contributed by atoms with van der Waals surface area (Å²) in [6.07, 6.45) is 2.47. The van der Waals surface area contributed by atoms with Gasteiger partial charge in [0.05, 0.1) is 6.61 Å². The Balaban J connectivity index is 2.77. The van der Waals surface area contributed by atoms with E-state index in [0.29, 0.717) is 11.8 Å². The molecule has 1 unspecified atom stereocenters. The Bertz CT molecular complexity index is 368. The van der Waals surface area contributed by atoms with Crippen LogP contribution in [-0.4, -0.2) is 19.7 Å². The van der Waals surface area contributed by atoms with Crippen LogP contribution in [0.25, 0.3) is 0 Å². The Hall–Kier alpha value is -1.02. The van der Waals surface area contributed by atoms with Crippen LogP contribution in [0.4, 0.5) is 0 Å². The van der Waals surface area contributed by atoms with Crippen molar-refractivity contribution in [3.8, 4) is 5.75 Å². The summed E-state index contributed by atoms with van der Waals surface area (Å²) in [5.74, 6) is 2.89. The summed E-state index contributed by atoms with van der Waals surface area (Å²) in [6, 6.07) is 8.74. The summed E-state index contributed by atoms with van der Waals surface area (Å²) in [7, 11) is 0. The predicted octanol–water partition coefficient (Wildman–Crippen LogP) is 4.85. The van der Waals surface area contributed by atoms with Crippen molar-refractivity contribution in [1.29, 1.82) is 0 Å². The molecular formula is C19H33NO. The van der Waals surface area contributed by atoms with Crippen LogP contribution in [-0.2, 0) is 0 Å². The van der Waals surface area contributed by atoms with E-state index in [1.165, 1.54) is 18.4 Å². The molecule has 0 radical (unpaired) electrons. The van der Waals surface area contributed by atoms with Crippen LogP contribution >= 0.6 is 0 Å². The van der Waals surface area contributed by atoms with E-state index in [-0.39, 0.29) is 0 Å². The molecule has 0 aliphatic rings. The number of ether oxygens (including phenoxy) is 1. The summed E-state index contributed by atoms with van der Waals surface area (Å²) < 4.78 is 5.78. The summed E-state index contributed by atoms with van der Waals surface area (Å²) in [5.41, 5.74) is 1.43. The molecule has 2 nitrogen and oxygen atoms in total. The summed E-state index contributed by atoms with van der Waals surface area (Å²) in [4.78, 5) is 0. The number of hydrogen-bond acceptors (Lipinski definition) is 2. The maximum Gasteiger partial charge on any atom is 0.119 e. The van der Waals surface area contributed by atoms with E-state index in [4.69, 9.17) is 4.74 Å². The van der Waals surface area contributed by atoms with Gasteiger partial charge in [0.1, 0.15) is 5.75 Å². The van der Waals surface area contributed by atoms with Gasteiger partial charge < -0.3 is 10.1 Å². The van der Waals surface area contributed by atoms with Crippen molar-refractivity contribution in [3.63, 3.8) is 0 Å². The molecule has 0 saturated carbocycles. The maximum atomic E-state index is 5.78. The van der Waals surface area contributed by atoms with Gasteiger partial charge in [-0.2, -0.15) is 0 Å². The SMILES string of the molecule is CCNCC(c1ccc(OCC(C)C)cc1)C(CC)CC. The van der Waals surface area contributed by atoms with Crippen LogP contribution in [0.5, 0.6) is 5.75 Å². The molecule has 21 heavy (non-hydrogen) atoms. The predicted molar refractivity (Wildman–Crippen MR) is 92.1 cm³/mol. The fourth-order valence-corrected chi connectivity index (χ4v) is 2.79. The third kappa shape index (κ3) is 6.09. The minimum atomic E-state index is 0.566. The standard InChI is InChI=1S/C19H33NO/c1-6-16(7-2)19(13-20-8-3)17-9-11-18(12-10-17)21-14-15(4)5/h9-12,15-16,19-20H,6-8,13-14H2,1-5H3. The van der Waals surface area contributed by atoms with E-state index in [1.807, 2.05) is 0 Å². The highest BCUT2D eigenvalue weighted by atomic mass is 16.5. The summed E-state index contributed by atoms with van der Waals surface area (Å²) in [6.45, 7) is 14.0. The number of benzene rings is 1. The molecule has 1 atom stereocenters. The Labute approximate surface area is 131 Å². The molecule has 1 N–H and O–H groups in total. The minimum Gasteiger partial charge on any atom is -0.493 e. The Morgan fingerprint density at radius 1 is 1.00 bits per heavy atom. The van der Waals surface area contributed by atoms with Gasteiger partial charge in [0, 0.05) is 6.54 Å². The fourth-order valence-electron chi connectivity index (χ4n) is 2.79. The molecule has 0 bridgehead atoms. The van der Waals surface area contributed by atoms with Crippen LogP contribution in [0.2, 0.25) is 0 Å². The second kappa shape index (κ2) is 9.83. The highest BCUT2D eigenvalue weighted by Gasteiger charge is 2.20. The minimum absolute atomic E-state index is 0.566. The molecule has 0 fully saturated rings. The molecule has 0 amide bonds. The average Bonchev–Trinajstić information content (AvgIpc) is 2.50. The lowest BCUT2D eigenvalue weighted by Gasteiger charge is -2.26. The van der Waals surface area contributed by atoms with Crippen molar-refractivity contribution >= 4 is 0 Å². The van der Waals surface area contributed by atoms with E-state index in [1.54, 1.807) is 0 Å². The molecule has 0 spiro atoms. The number of likely N-dealkylation sites (N-methyl/N-ethyl adjacent to an activating group) is 1. The van der Waals surface area contributed by atoms with Crippen molar-refractivity contribution in [1.82, 2.24) is 5.32 Å². The third-order valence-electron chi connectivity index (χ3n) is 4.12. The van der Waals surface area contributed by atoms with Crippen molar-refractivity contribution in [3.05, 3.63) is 29.8 Å². The zero-order valence-corrected chi connectivity index (χ0v) is 14.5. The van der Waals surface area contributed by atoms with Gasteiger partial charge in [-0.3, -0.25) is 0 Å². The number of rotatable bonds is 10. The molecule has 0 saturated heterocycles. The number of hydrogen-bond donors (Lipinski definition) is 1. The van der Waals surface area contributed by atoms with Gasteiger partial charge >= 0.3 is 0 Å². The monoisotopic (exact) mass is 291 g/mol. The second-order valence-electron chi connectivity index (χ2n) is 6.26. The van der Waals surface area contributed by atoms with Crippen LogP contribution < -0.4 is 10.1 Å². The van der Waals surface area contributed by atoms with Gasteiger partial charge in [0.2, 0.25) is 0 Å². The van der Waals surface area contributed by atoms with Crippen LogP contribution in [0, 0.1) is 11.8 Å². The first-order valence-corrected chi connectivity index (χ1v) is 8.55. The van der Waals surface area contributed by atoms with Gasteiger partial charge in [-0.1, -0.05) is 59.6 Å². The van der Waals surface area contributed by atoms with Crippen molar-refractivity contribution in [2.45, 2.75) is 53.4 Å². The molecule has 0 heterocycles.